The van der Waals surface area contributed by atoms with Gasteiger partial charge in [0.05, 0.1) is 55.1 Å². The number of nitrogens with one attached hydrogen (secondary N) is 3. The van der Waals surface area contributed by atoms with Crippen molar-refractivity contribution >= 4 is 69.9 Å². The van der Waals surface area contributed by atoms with Crippen LogP contribution >= 0.6 is 11.6 Å². The molecule has 4 aromatic rings. The smallest absolute Gasteiger partial charge is 0.254 e. The number of carbonyl (C=O) groups excluding carboxylic acids is 3. The lowest BCUT2D eigenvalue weighted by Crippen LogP contribution is -2.28. The Morgan fingerprint density at radius 1 is 1.06 bits per heavy atom. The molecule has 0 spiro atoms. The molecule has 0 saturated heterocycles. The van der Waals surface area contributed by atoms with Gasteiger partial charge in [-0.3, -0.25) is 9.59 Å². The van der Waals surface area contributed by atoms with E-state index in [0.29, 0.717) is 55.5 Å². The van der Waals surface area contributed by atoms with Crippen molar-refractivity contribution in [3.05, 3.63) is 77.2 Å². The van der Waals surface area contributed by atoms with E-state index in [-0.39, 0.29) is 40.5 Å². The summed E-state index contributed by atoms with van der Waals surface area (Å²) in [5.41, 5.74) is 8.53. The number of hydrogen-bond donors (Lipinski definition) is 4. The average molecular weight is 715 g/mol. The number of fused-ring (bicyclic) bond motifs is 2. The summed E-state index contributed by atoms with van der Waals surface area (Å²) in [4.78, 5) is 47.2. The molecule has 2 aliphatic rings. The molecule has 13 nitrogen and oxygen atoms in total. The first-order valence-electron chi connectivity index (χ1n) is 16.0. The van der Waals surface area contributed by atoms with Crippen molar-refractivity contribution in [1.29, 1.82) is 0 Å². The minimum Gasteiger partial charge on any atom is -0.491 e. The van der Waals surface area contributed by atoms with E-state index in [4.69, 9.17) is 33.2 Å². The van der Waals surface area contributed by atoms with Crippen molar-refractivity contribution in [2.45, 2.75) is 19.8 Å². The fourth-order valence-electron chi connectivity index (χ4n) is 5.36. The number of ether oxygens (including phenoxy) is 2. The van der Waals surface area contributed by atoms with E-state index >= 15 is 0 Å². The Morgan fingerprint density at radius 2 is 1.80 bits per heavy atom. The van der Waals surface area contributed by atoms with Gasteiger partial charge in [0.15, 0.2) is 5.82 Å². The number of nitrogens with two attached hydrogens (primary N) is 1. The molecule has 3 aromatic carbocycles. The number of benzene rings is 3. The number of terminal acetylenes is 1. The Balaban J connectivity index is 0.000000279. The molecule has 0 bridgehead atoms. The van der Waals surface area contributed by atoms with Crippen LogP contribution in [-0.2, 0) is 9.59 Å². The highest BCUT2D eigenvalue weighted by molar-refractivity contribution is 6.33. The molecule has 0 fully saturated rings. The Morgan fingerprint density at radius 3 is 2.55 bits per heavy atom. The lowest BCUT2D eigenvalue weighted by atomic mass is 10.1. The van der Waals surface area contributed by atoms with E-state index in [1.807, 2.05) is 17.0 Å². The fraction of sp³-hybridized carbons (Fsp3) is 0.250. The maximum Gasteiger partial charge on any atom is 0.254 e. The van der Waals surface area contributed by atoms with Crippen LogP contribution < -0.4 is 41.0 Å². The van der Waals surface area contributed by atoms with Gasteiger partial charge in [-0.15, -0.1) is 6.42 Å². The summed E-state index contributed by atoms with van der Waals surface area (Å²) >= 11 is 6.25. The maximum absolute atomic E-state index is 14.7. The summed E-state index contributed by atoms with van der Waals surface area (Å²) in [6, 6.07) is 14.9. The van der Waals surface area contributed by atoms with Crippen LogP contribution in [0.4, 0.5) is 44.6 Å². The van der Waals surface area contributed by atoms with E-state index in [2.05, 4.69) is 31.8 Å². The largest absolute Gasteiger partial charge is 0.491 e. The van der Waals surface area contributed by atoms with Gasteiger partial charge in [-0.05, 0) is 49.2 Å². The van der Waals surface area contributed by atoms with Crippen molar-refractivity contribution in [2.75, 3.05) is 65.6 Å². The molecule has 0 atom stereocenters. The van der Waals surface area contributed by atoms with Gasteiger partial charge in [-0.25, -0.2) is 9.37 Å². The number of anilines is 7. The van der Waals surface area contributed by atoms with Gasteiger partial charge in [-0.1, -0.05) is 23.6 Å². The second-order valence-electron chi connectivity index (χ2n) is 11.3. The molecule has 0 aliphatic carbocycles. The molecule has 1 aromatic heterocycles. The van der Waals surface area contributed by atoms with E-state index in [1.54, 1.807) is 29.2 Å². The Hall–Kier alpha value is -6.07. The van der Waals surface area contributed by atoms with E-state index in [1.165, 1.54) is 31.3 Å². The van der Waals surface area contributed by atoms with Gasteiger partial charge in [0, 0.05) is 43.5 Å². The molecule has 2 aliphatic heterocycles. The molecule has 5 N–H and O–H groups in total. The summed E-state index contributed by atoms with van der Waals surface area (Å²) in [5, 5.41) is 8.46. The molecular weight excluding hydrogens is 679 g/mol. The van der Waals surface area contributed by atoms with Gasteiger partial charge in [0.1, 0.15) is 28.6 Å². The predicted molar refractivity (Wildman–Crippen MR) is 195 cm³/mol. The van der Waals surface area contributed by atoms with Crippen LogP contribution in [0.2, 0.25) is 5.02 Å². The fourth-order valence-corrected chi connectivity index (χ4v) is 5.50. The highest BCUT2D eigenvalue weighted by Gasteiger charge is 2.21. The van der Waals surface area contributed by atoms with Crippen LogP contribution in [0.5, 0.6) is 11.5 Å². The quantitative estimate of drug-likeness (QED) is 0.106. The SMILES string of the molecule is C#CCNC(=O)c1cccc(F)c1Nc1nc(Nc2ccc3c(c2)OCCCN3C(C)=O)ncc1Cl.Nc1ccc2c(c1)OCCCN2CC=O. The third-order valence-electron chi connectivity index (χ3n) is 7.72. The lowest BCUT2D eigenvalue weighted by molar-refractivity contribution is -0.116. The Kier molecular flexibility index (Phi) is 12.1. The number of halogens is 2. The van der Waals surface area contributed by atoms with Crippen molar-refractivity contribution < 1.29 is 28.2 Å². The first-order valence-corrected chi connectivity index (χ1v) is 16.4. The van der Waals surface area contributed by atoms with Gasteiger partial charge in [-0.2, -0.15) is 4.98 Å². The predicted octanol–water partition coefficient (Wildman–Crippen LogP) is 5.31. The minimum atomic E-state index is -0.675. The standard InChI is InChI=1S/C25H22ClFN6O3.C11H14N2O2/c1-3-10-28-24(35)17-6-4-7-19(27)22(17)31-23-18(26)14-29-25(32-23)30-16-8-9-20-21(13-16)36-12-5-11-33(20)15(2)34;12-9-2-3-10-11(8-9)15-7-1-4-13(10)5-6-14/h1,4,6-9,13-14H,5,10-12H2,2H3,(H,28,35)(H2,29,30,31,32);2-3,6,8H,1,4-5,7,12H2. The van der Waals surface area contributed by atoms with E-state index < -0.39 is 11.7 Å². The first-order chi connectivity index (χ1) is 24.7. The number of nitrogens with zero attached hydrogens (tertiary/aromatic N) is 4. The number of amides is 2. The summed E-state index contributed by atoms with van der Waals surface area (Å²) in [6.07, 6.45) is 9.07. The number of nitrogen functional groups attached to an aromatic ring is 1. The van der Waals surface area contributed by atoms with Crippen LogP contribution in [0.3, 0.4) is 0 Å². The van der Waals surface area contributed by atoms with E-state index in [9.17, 15) is 18.8 Å². The third-order valence-corrected chi connectivity index (χ3v) is 7.99. The normalized spacial score (nSPS) is 13.2. The zero-order valence-electron chi connectivity index (χ0n) is 27.7. The number of hydrogen-bond acceptors (Lipinski definition) is 11. The third kappa shape index (κ3) is 9.14. The number of aldehydes is 1. The maximum atomic E-state index is 14.7. The van der Waals surface area contributed by atoms with Crippen molar-refractivity contribution in [2.24, 2.45) is 0 Å². The van der Waals surface area contributed by atoms with Crippen LogP contribution in [0.25, 0.3) is 0 Å². The van der Waals surface area contributed by atoms with Crippen LogP contribution in [-0.4, -0.2) is 67.5 Å². The molecule has 2 amide bonds. The first kappa shape index (κ1) is 36.2. The highest BCUT2D eigenvalue weighted by Crippen LogP contribution is 2.35. The summed E-state index contributed by atoms with van der Waals surface area (Å²) in [7, 11) is 0. The summed E-state index contributed by atoms with van der Waals surface area (Å²) in [6.45, 7) is 4.47. The molecule has 51 heavy (non-hydrogen) atoms. The Labute approximate surface area is 299 Å². The zero-order valence-corrected chi connectivity index (χ0v) is 28.5. The molecule has 6 rings (SSSR count). The summed E-state index contributed by atoms with van der Waals surface area (Å²) < 4.78 is 26.0. The van der Waals surface area contributed by atoms with Crippen molar-refractivity contribution in [3.63, 3.8) is 0 Å². The lowest BCUT2D eigenvalue weighted by Gasteiger charge is -2.20. The summed E-state index contributed by atoms with van der Waals surface area (Å²) in [5.74, 6) is 2.57. The molecule has 0 unspecified atom stereocenters. The van der Waals surface area contributed by atoms with Gasteiger partial charge >= 0.3 is 0 Å². The molecular formula is C36H36ClFN8O5. The molecule has 3 heterocycles. The number of aromatic nitrogens is 2. The van der Waals surface area contributed by atoms with Gasteiger partial charge in [0.2, 0.25) is 11.9 Å². The second kappa shape index (κ2) is 17.0. The van der Waals surface area contributed by atoms with Crippen LogP contribution in [0, 0.1) is 18.2 Å². The monoisotopic (exact) mass is 714 g/mol. The van der Waals surface area contributed by atoms with Crippen molar-refractivity contribution in [3.8, 4) is 23.8 Å². The number of para-hydroxylation sites is 1. The number of carbonyl (C=O) groups is 3. The van der Waals surface area contributed by atoms with Crippen molar-refractivity contribution in [1.82, 2.24) is 15.3 Å². The van der Waals surface area contributed by atoms with Crippen LogP contribution in [0.1, 0.15) is 30.1 Å². The molecule has 0 radical (unpaired) electrons. The average Bonchev–Trinajstić information content (AvgIpc) is 3.45. The van der Waals surface area contributed by atoms with E-state index in [0.717, 1.165) is 30.7 Å². The zero-order chi connectivity index (χ0) is 36.3. The molecule has 15 heteroatoms. The molecule has 0 saturated carbocycles. The van der Waals surface area contributed by atoms with Gasteiger partial charge < -0.3 is 45.8 Å². The highest BCUT2D eigenvalue weighted by atomic mass is 35.5. The number of rotatable bonds is 8. The minimum absolute atomic E-state index is 0.00815. The van der Waals surface area contributed by atoms with Crippen LogP contribution in [0.15, 0.2) is 60.8 Å². The van der Waals surface area contributed by atoms with Gasteiger partial charge in [0.25, 0.3) is 5.91 Å². The molecule has 264 valence electrons. The second-order valence-corrected chi connectivity index (χ2v) is 11.7. The Bertz CT molecular complexity index is 1960. The topological polar surface area (TPSA) is 164 Å².